The Hall–Kier alpha value is -3.44. The molecule has 186 valence electrons. The van der Waals surface area contributed by atoms with Crippen molar-refractivity contribution < 1.29 is 23.4 Å². The molecule has 7 nitrogen and oxygen atoms in total. The Morgan fingerprint density at radius 3 is 2.67 bits per heavy atom. The topological polar surface area (TPSA) is 89.3 Å². The molecule has 4 rings (SSSR count). The van der Waals surface area contributed by atoms with E-state index in [4.69, 9.17) is 0 Å². The summed E-state index contributed by atoms with van der Waals surface area (Å²) < 4.78 is 32.4. The average Bonchev–Trinajstić information content (AvgIpc) is 3.23. The first-order valence-electron chi connectivity index (χ1n) is 10.7. The number of aromatic hydroxyl groups is 1. The van der Waals surface area contributed by atoms with Gasteiger partial charge < -0.3 is 15.2 Å². The minimum Gasteiger partial charge on any atom is -0.507 e. The minimum absolute atomic E-state index is 0.0292. The van der Waals surface area contributed by atoms with Crippen molar-refractivity contribution in [2.24, 2.45) is 0 Å². The quantitative estimate of drug-likeness (QED) is 0.238. The fraction of sp³-hybridized carbons (Fsp3) is 0.160. The van der Waals surface area contributed by atoms with Gasteiger partial charge in [-0.3, -0.25) is 9.36 Å². The summed E-state index contributed by atoms with van der Waals surface area (Å²) in [6.07, 6.45) is 0. The second-order valence-electron chi connectivity index (χ2n) is 7.80. The average molecular weight is 575 g/mol. The number of aromatic nitrogens is 3. The molecule has 0 unspecified atom stereocenters. The van der Waals surface area contributed by atoms with Crippen molar-refractivity contribution in [2.45, 2.75) is 25.6 Å². The first-order valence-corrected chi connectivity index (χ1v) is 12.5. The van der Waals surface area contributed by atoms with Crippen molar-refractivity contribution in [1.82, 2.24) is 14.8 Å². The third-order valence-electron chi connectivity index (χ3n) is 5.14. The summed E-state index contributed by atoms with van der Waals surface area (Å²) in [6, 6.07) is 16.9. The van der Waals surface area contributed by atoms with E-state index in [0.29, 0.717) is 16.5 Å². The molecule has 0 bridgehead atoms. The van der Waals surface area contributed by atoms with Crippen LogP contribution in [-0.4, -0.2) is 38.1 Å². The molecule has 0 saturated heterocycles. The van der Waals surface area contributed by atoms with Crippen LogP contribution < -0.4 is 10.1 Å². The lowest BCUT2D eigenvalue weighted by molar-refractivity contribution is -0.113. The SMILES string of the molecule is Cc1ccc(-n2c(SCC(=O)Nc3ccccc3OC(F)F)nnc2-c2cc(Br)ccc2O)c(C)c1. The Bertz CT molecular complexity index is 1410. The van der Waals surface area contributed by atoms with Crippen molar-refractivity contribution in [2.75, 3.05) is 11.1 Å². The molecule has 4 aromatic rings. The second-order valence-corrected chi connectivity index (χ2v) is 9.66. The van der Waals surface area contributed by atoms with Crippen LogP contribution in [0, 0.1) is 13.8 Å². The Kier molecular flexibility index (Phi) is 7.90. The fourth-order valence-electron chi connectivity index (χ4n) is 3.58. The molecule has 1 aromatic heterocycles. The van der Waals surface area contributed by atoms with E-state index in [1.807, 2.05) is 32.0 Å². The van der Waals surface area contributed by atoms with E-state index < -0.39 is 12.5 Å². The van der Waals surface area contributed by atoms with Gasteiger partial charge in [0.05, 0.1) is 22.7 Å². The first-order chi connectivity index (χ1) is 17.2. The number of anilines is 1. The molecule has 11 heteroatoms. The number of alkyl halides is 2. The summed E-state index contributed by atoms with van der Waals surface area (Å²) in [6.45, 7) is 0.926. The molecular weight excluding hydrogens is 554 g/mol. The molecule has 2 N–H and O–H groups in total. The number of thioether (sulfide) groups is 1. The number of aryl methyl sites for hydroxylation is 2. The third-order valence-corrected chi connectivity index (χ3v) is 6.56. The molecule has 3 aromatic carbocycles. The molecule has 36 heavy (non-hydrogen) atoms. The van der Waals surface area contributed by atoms with Crippen molar-refractivity contribution in [3.05, 3.63) is 76.3 Å². The number of phenolic OH excluding ortho intramolecular Hbond substituents is 1. The van der Waals surface area contributed by atoms with Crippen LogP contribution in [0.3, 0.4) is 0 Å². The smallest absolute Gasteiger partial charge is 0.387 e. The summed E-state index contributed by atoms with van der Waals surface area (Å²) in [5.41, 5.74) is 3.42. The zero-order chi connectivity index (χ0) is 25.8. The molecule has 0 aliphatic heterocycles. The highest BCUT2D eigenvalue weighted by atomic mass is 79.9. The molecule has 0 radical (unpaired) electrons. The number of hydrogen-bond donors (Lipinski definition) is 2. The number of carbonyl (C=O) groups excluding carboxylic acids is 1. The van der Waals surface area contributed by atoms with Gasteiger partial charge in [0.25, 0.3) is 0 Å². The van der Waals surface area contributed by atoms with Crippen LogP contribution in [-0.2, 0) is 4.79 Å². The number of nitrogens with zero attached hydrogens (tertiary/aromatic N) is 3. The van der Waals surface area contributed by atoms with Crippen LogP contribution in [0.4, 0.5) is 14.5 Å². The van der Waals surface area contributed by atoms with Crippen LogP contribution in [0.5, 0.6) is 11.5 Å². The molecule has 0 aliphatic rings. The third kappa shape index (κ3) is 5.85. The summed E-state index contributed by atoms with van der Waals surface area (Å²) in [5, 5.41) is 22.1. The molecule has 0 fully saturated rings. The highest BCUT2D eigenvalue weighted by Gasteiger charge is 2.21. The van der Waals surface area contributed by atoms with Gasteiger partial charge >= 0.3 is 6.61 Å². The van der Waals surface area contributed by atoms with E-state index >= 15 is 0 Å². The van der Waals surface area contributed by atoms with E-state index in [2.05, 4.69) is 36.2 Å². The normalized spacial score (nSPS) is 11.1. The number of benzene rings is 3. The van der Waals surface area contributed by atoms with Crippen molar-refractivity contribution >= 4 is 39.3 Å². The summed E-state index contributed by atoms with van der Waals surface area (Å²) in [5.74, 6) is -0.207. The monoisotopic (exact) mass is 574 g/mol. The number of ether oxygens (including phenoxy) is 1. The van der Waals surface area contributed by atoms with Gasteiger partial charge in [-0.1, -0.05) is 57.5 Å². The van der Waals surface area contributed by atoms with Gasteiger partial charge in [-0.05, 0) is 55.8 Å². The second kappa shape index (κ2) is 11.1. The lowest BCUT2D eigenvalue weighted by Gasteiger charge is -2.15. The fourth-order valence-corrected chi connectivity index (χ4v) is 4.69. The number of carbonyl (C=O) groups is 1. The summed E-state index contributed by atoms with van der Waals surface area (Å²) >= 11 is 4.55. The van der Waals surface area contributed by atoms with Crippen LogP contribution in [0.25, 0.3) is 17.1 Å². The van der Waals surface area contributed by atoms with Crippen molar-refractivity contribution in [3.63, 3.8) is 0 Å². The predicted octanol–water partition coefficient (Wildman–Crippen LogP) is 6.35. The lowest BCUT2D eigenvalue weighted by Crippen LogP contribution is -2.16. The summed E-state index contributed by atoms with van der Waals surface area (Å²) in [7, 11) is 0. The van der Waals surface area contributed by atoms with Gasteiger partial charge in [-0.2, -0.15) is 8.78 Å². The van der Waals surface area contributed by atoms with E-state index in [9.17, 15) is 18.7 Å². The van der Waals surface area contributed by atoms with Gasteiger partial charge in [0.15, 0.2) is 11.0 Å². The summed E-state index contributed by atoms with van der Waals surface area (Å²) in [4.78, 5) is 12.7. The zero-order valence-corrected chi connectivity index (χ0v) is 21.6. The van der Waals surface area contributed by atoms with Crippen LogP contribution >= 0.6 is 27.7 Å². The standard InChI is InChI=1S/C25H21BrF2N4O3S/c1-14-7-9-19(15(2)11-14)32-23(17-12-16(26)8-10-20(17)33)30-31-25(32)36-13-22(34)29-18-5-3-4-6-21(18)35-24(27)28/h3-12,24,33H,13H2,1-2H3,(H,29,34). The maximum Gasteiger partial charge on any atom is 0.387 e. The number of phenols is 1. The highest BCUT2D eigenvalue weighted by molar-refractivity contribution is 9.10. The molecule has 0 spiro atoms. The Labute approximate surface area is 218 Å². The first kappa shape index (κ1) is 25.6. The minimum atomic E-state index is -3.01. The molecule has 0 atom stereocenters. The predicted molar refractivity (Wildman–Crippen MR) is 138 cm³/mol. The van der Waals surface area contributed by atoms with Crippen molar-refractivity contribution in [1.29, 1.82) is 0 Å². The molecule has 0 aliphatic carbocycles. The Morgan fingerprint density at radius 1 is 1.14 bits per heavy atom. The van der Waals surface area contributed by atoms with Crippen LogP contribution in [0.15, 0.2) is 70.3 Å². The van der Waals surface area contributed by atoms with E-state index in [-0.39, 0.29) is 22.9 Å². The van der Waals surface area contributed by atoms with E-state index in [1.54, 1.807) is 28.8 Å². The lowest BCUT2D eigenvalue weighted by atomic mass is 10.1. The number of halogens is 3. The van der Waals surface area contributed by atoms with Crippen LogP contribution in [0.2, 0.25) is 0 Å². The Balaban J connectivity index is 1.65. The van der Waals surface area contributed by atoms with Crippen LogP contribution in [0.1, 0.15) is 11.1 Å². The highest BCUT2D eigenvalue weighted by Crippen LogP contribution is 2.35. The molecule has 0 saturated carbocycles. The number of amides is 1. The van der Waals surface area contributed by atoms with Gasteiger partial charge in [0.1, 0.15) is 11.5 Å². The van der Waals surface area contributed by atoms with Gasteiger partial charge in [-0.15, -0.1) is 10.2 Å². The largest absolute Gasteiger partial charge is 0.507 e. The van der Waals surface area contributed by atoms with E-state index in [0.717, 1.165) is 33.0 Å². The maximum atomic E-state index is 12.7. The maximum absolute atomic E-state index is 12.7. The number of rotatable bonds is 8. The molecular formula is C25H21BrF2N4O3S. The molecule has 1 amide bonds. The number of nitrogens with one attached hydrogen (secondary N) is 1. The van der Waals surface area contributed by atoms with Gasteiger partial charge in [0, 0.05) is 4.47 Å². The van der Waals surface area contributed by atoms with E-state index in [1.165, 1.54) is 18.2 Å². The van der Waals surface area contributed by atoms with Gasteiger partial charge in [0.2, 0.25) is 5.91 Å². The van der Waals surface area contributed by atoms with Gasteiger partial charge in [-0.25, -0.2) is 0 Å². The molecule has 1 heterocycles. The Morgan fingerprint density at radius 2 is 1.92 bits per heavy atom. The number of para-hydroxylation sites is 2. The zero-order valence-electron chi connectivity index (χ0n) is 19.2. The number of hydrogen-bond acceptors (Lipinski definition) is 6. The van der Waals surface area contributed by atoms with Crippen molar-refractivity contribution in [3.8, 4) is 28.6 Å².